The Morgan fingerprint density at radius 1 is 0.553 bits per heavy atom. The van der Waals surface area contributed by atoms with Gasteiger partial charge in [-0.15, -0.1) is 0 Å². The molecular formula is C22H17F14OSn. The quantitative estimate of drug-likeness (QED) is 0.156. The standard InChI is InChI=1S/C14H13O.2C4H2F7.Sn/c15-11-14(12-7-3-1-4-8-12)13-9-5-2-6-10-13;2*5-1-3(8,9)4(10,11)2(6)7;/h1-10,14H,11H2;2*1H2;/q-1;;;+1. The molecule has 2 rings (SSSR count). The second kappa shape index (κ2) is 11.4. The number of halogens is 14. The maximum atomic E-state index is 14.7. The molecule has 0 atom stereocenters. The summed E-state index contributed by atoms with van der Waals surface area (Å²) in [7, 11) is 0. The molecule has 0 saturated carbocycles. The molecule has 0 heterocycles. The second-order valence-electron chi connectivity index (χ2n) is 7.99. The van der Waals surface area contributed by atoms with Crippen LogP contribution in [0.3, 0.4) is 0 Å². The molecule has 0 spiro atoms. The van der Waals surface area contributed by atoms with Gasteiger partial charge in [0, 0.05) is 0 Å². The van der Waals surface area contributed by atoms with Gasteiger partial charge in [-0.05, 0) is 0 Å². The summed E-state index contributed by atoms with van der Waals surface area (Å²) < 4.78 is 184. The Kier molecular flexibility index (Phi) is 9.71. The van der Waals surface area contributed by atoms with Crippen molar-refractivity contribution in [3.8, 4) is 0 Å². The average molecular weight is 682 g/mol. The molecule has 0 amide bonds. The molecular weight excluding hydrogens is 665 g/mol. The predicted molar refractivity (Wildman–Crippen MR) is 108 cm³/mol. The molecule has 0 aliphatic carbocycles. The van der Waals surface area contributed by atoms with Crippen molar-refractivity contribution >= 4 is 20.2 Å². The summed E-state index contributed by atoms with van der Waals surface area (Å²) in [6.45, 7) is -8.63. The zero-order valence-electron chi connectivity index (χ0n) is 18.7. The van der Waals surface area contributed by atoms with Crippen molar-refractivity contribution in [1.29, 1.82) is 0 Å². The Labute approximate surface area is 214 Å². The average Bonchev–Trinajstić information content (AvgIpc) is 2.86. The third-order valence-electron chi connectivity index (χ3n) is 5.41. The SMILES string of the molecule is FCC(F)(F)C(F)(F)[C](F)(F)[Sn]([O]CC(c1ccccc1)c1ccccc1)[C](F)(F)C(F)(F)C(F)(F)CF. The summed E-state index contributed by atoms with van der Waals surface area (Å²) in [5.41, 5.74) is 0.129. The van der Waals surface area contributed by atoms with E-state index < -0.39 is 77.6 Å². The first-order valence-corrected chi connectivity index (χ1v) is 14.3. The molecule has 0 N–H and O–H groups in total. The molecule has 0 aromatic heterocycles. The van der Waals surface area contributed by atoms with Crippen molar-refractivity contribution in [3.05, 3.63) is 71.8 Å². The van der Waals surface area contributed by atoms with E-state index in [2.05, 4.69) is 3.07 Å². The van der Waals surface area contributed by atoms with Crippen molar-refractivity contribution in [1.82, 2.24) is 0 Å². The van der Waals surface area contributed by atoms with Gasteiger partial charge < -0.3 is 0 Å². The second-order valence-corrected chi connectivity index (χ2v) is 14.3. The van der Waals surface area contributed by atoms with Crippen LogP contribution in [0.2, 0.25) is 0 Å². The van der Waals surface area contributed by atoms with E-state index in [-0.39, 0.29) is 11.1 Å². The van der Waals surface area contributed by atoms with Crippen LogP contribution in [-0.2, 0) is 3.07 Å². The maximum absolute atomic E-state index is 14.7. The summed E-state index contributed by atoms with van der Waals surface area (Å²) in [6.07, 6.45) is 0. The van der Waals surface area contributed by atoms with Gasteiger partial charge in [-0.2, -0.15) is 0 Å². The van der Waals surface area contributed by atoms with Crippen molar-refractivity contribution in [2.24, 2.45) is 0 Å². The third-order valence-corrected chi connectivity index (χ3v) is 11.8. The minimum atomic E-state index is -8.22. The van der Waals surface area contributed by atoms with Gasteiger partial charge in [-0.25, -0.2) is 0 Å². The molecule has 38 heavy (non-hydrogen) atoms. The fourth-order valence-electron chi connectivity index (χ4n) is 3.21. The first-order chi connectivity index (χ1) is 17.3. The van der Waals surface area contributed by atoms with Gasteiger partial charge >= 0.3 is 214 Å². The molecule has 2 aromatic carbocycles. The van der Waals surface area contributed by atoms with Crippen LogP contribution in [0.25, 0.3) is 0 Å². The van der Waals surface area contributed by atoms with Crippen molar-refractivity contribution < 1.29 is 64.5 Å². The van der Waals surface area contributed by atoms with Crippen molar-refractivity contribution in [2.75, 3.05) is 20.0 Å². The summed E-state index contributed by atoms with van der Waals surface area (Å²) in [5.74, 6) is -28.3. The summed E-state index contributed by atoms with van der Waals surface area (Å²) in [4.78, 5) is 0. The summed E-state index contributed by atoms with van der Waals surface area (Å²) >= 11 is -8.22. The van der Waals surface area contributed by atoms with Crippen molar-refractivity contribution in [2.45, 2.75) is 37.5 Å². The number of rotatable bonds is 13. The molecule has 213 valence electrons. The number of alkyl halides is 14. The van der Waals surface area contributed by atoms with Crippen LogP contribution in [0.4, 0.5) is 61.5 Å². The van der Waals surface area contributed by atoms with E-state index in [0.29, 0.717) is 0 Å². The van der Waals surface area contributed by atoms with Gasteiger partial charge in [0.25, 0.3) is 0 Å². The molecule has 0 unspecified atom stereocenters. The third kappa shape index (κ3) is 5.72. The molecule has 0 bridgehead atoms. The zero-order valence-corrected chi connectivity index (χ0v) is 21.5. The number of hydrogen-bond donors (Lipinski definition) is 0. The van der Waals surface area contributed by atoms with Crippen LogP contribution in [0.5, 0.6) is 0 Å². The molecule has 1 nitrogen and oxygen atoms in total. The van der Waals surface area contributed by atoms with Gasteiger partial charge in [-0.1, -0.05) is 0 Å². The van der Waals surface area contributed by atoms with Gasteiger partial charge in [0.2, 0.25) is 0 Å². The summed E-state index contributed by atoms with van der Waals surface area (Å²) in [6, 6.07) is 13.3. The van der Waals surface area contributed by atoms with Crippen LogP contribution in [0.1, 0.15) is 17.0 Å². The number of benzene rings is 2. The molecule has 0 aliphatic rings. The molecule has 16 heteroatoms. The Bertz CT molecular complexity index is 953. The first kappa shape index (κ1) is 32.4. The van der Waals surface area contributed by atoms with Gasteiger partial charge in [0.1, 0.15) is 0 Å². The molecule has 0 fully saturated rings. The fourth-order valence-corrected chi connectivity index (χ4v) is 9.00. The van der Waals surface area contributed by atoms with E-state index in [1.54, 1.807) is 0 Å². The predicted octanol–water partition coefficient (Wildman–Crippen LogP) is 7.66. The number of hydrogen-bond acceptors (Lipinski definition) is 1. The van der Waals surface area contributed by atoms with Gasteiger partial charge in [0.05, 0.1) is 0 Å². The van der Waals surface area contributed by atoms with E-state index in [9.17, 15) is 61.5 Å². The minimum absolute atomic E-state index is 0.0646. The van der Waals surface area contributed by atoms with Crippen LogP contribution < -0.4 is 0 Å². The van der Waals surface area contributed by atoms with E-state index in [0.717, 1.165) is 0 Å². The molecule has 1 radical (unpaired) electrons. The van der Waals surface area contributed by atoms with E-state index >= 15 is 0 Å². The first-order valence-electron chi connectivity index (χ1n) is 10.3. The fraction of sp³-hybridized carbons (Fsp3) is 0.455. The van der Waals surface area contributed by atoms with Crippen LogP contribution >= 0.6 is 0 Å². The Balaban J connectivity index is 2.68. The Hall–Kier alpha value is -1.78. The monoisotopic (exact) mass is 683 g/mol. The van der Waals surface area contributed by atoms with E-state index in [4.69, 9.17) is 0 Å². The Morgan fingerprint density at radius 2 is 0.868 bits per heavy atom. The van der Waals surface area contributed by atoms with Gasteiger partial charge in [0.15, 0.2) is 0 Å². The molecule has 2 aromatic rings. The normalized spacial score (nSPS) is 14.4. The van der Waals surface area contributed by atoms with Crippen LogP contribution in [0, 0.1) is 0 Å². The van der Waals surface area contributed by atoms with Crippen LogP contribution in [-0.4, -0.2) is 71.7 Å². The summed E-state index contributed by atoms with van der Waals surface area (Å²) in [5, 5.41) is 0. The topological polar surface area (TPSA) is 9.23 Å². The van der Waals surface area contributed by atoms with Crippen LogP contribution in [0.15, 0.2) is 60.7 Å². The Morgan fingerprint density at radius 3 is 1.16 bits per heavy atom. The zero-order chi connectivity index (χ0) is 29.2. The molecule has 0 aliphatic heterocycles. The molecule has 0 saturated heterocycles. The van der Waals surface area contributed by atoms with Gasteiger partial charge in [-0.3, -0.25) is 0 Å². The van der Waals surface area contributed by atoms with Crippen molar-refractivity contribution in [3.63, 3.8) is 0 Å². The van der Waals surface area contributed by atoms with E-state index in [1.807, 2.05) is 0 Å². The van der Waals surface area contributed by atoms with E-state index in [1.165, 1.54) is 60.7 Å².